The summed E-state index contributed by atoms with van der Waals surface area (Å²) in [5.74, 6) is -0.463. The Morgan fingerprint density at radius 3 is 2.65 bits per heavy atom. The van der Waals surface area contributed by atoms with Gasteiger partial charge in [0.2, 0.25) is 0 Å². The van der Waals surface area contributed by atoms with E-state index in [0.29, 0.717) is 5.76 Å². The molecule has 5 heteroatoms. The maximum absolute atomic E-state index is 13.8. The molecule has 1 atom stereocenters. The first-order chi connectivity index (χ1) is 8.13. The van der Waals surface area contributed by atoms with Crippen LogP contribution in [-0.4, -0.2) is 7.05 Å². The van der Waals surface area contributed by atoms with Gasteiger partial charge in [0.1, 0.15) is 17.4 Å². The fourth-order valence-electron chi connectivity index (χ4n) is 1.67. The highest BCUT2D eigenvalue weighted by Gasteiger charge is 2.20. The van der Waals surface area contributed by atoms with Gasteiger partial charge in [0.25, 0.3) is 0 Å². The van der Waals surface area contributed by atoms with Crippen molar-refractivity contribution in [1.82, 2.24) is 5.32 Å². The van der Waals surface area contributed by atoms with E-state index in [-0.39, 0.29) is 10.0 Å². The first-order valence-electron chi connectivity index (χ1n) is 4.98. The van der Waals surface area contributed by atoms with Crippen LogP contribution < -0.4 is 5.32 Å². The first-order valence-corrected chi connectivity index (χ1v) is 5.78. The summed E-state index contributed by atoms with van der Waals surface area (Å²) in [5.41, 5.74) is 0.211. The second-order valence-electron chi connectivity index (χ2n) is 3.52. The summed E-state index contributed by atoms with van der Waals surface area (Å²) in [6.07, 6.45) is 1.49. The normalized spacial score (nSPS) is 12.7. The topological polar surface area (TPSA) is 25.2 Å². The summed E-state index contributed by atoms with van der Waals surface area (Å²) in [5, 5.41) is 2.89. The van der Waals surface area contributed by atoms with Gasteiger partial charge in [-0.3, -0.25) is 0 Å². The highest BCUT2D eigenvalue weighted by Crippen LogP contribution is 2.28. The third kappa shape index (κ3) is 2.40. The Labute approximate surface area is 106 Å². The lowest BCUT2D eigenvalue weighted by molar-refractivity contribution is 0.450. The average Bonchev–Trinajstić information content (AvgIpc) is 2.80. The molecule has 0 bridgehead atoms. The summed E-state index contributed by atoms with van der Waals surface area (Å²) < 4.78 is 32.5. The first kappa shape index (κ1) is 12.3. The lowest BCUT2D eigenvalue weighted by atomic mass is 10.0. The minimum absolute atomic E-state index is 0.105. The molecular formula is C12H10BrF2NO. The van der Waals surface area contributed by atoms with Crippen LogP contribution in [0.2, 0.25) is 0 Å². The van der Waals surface area contributed by atoms with Gasteiger partial charge in [-0.1, -0.05) is 0 Å². The molecule has 1 aromatic carbocycles. The van der Waals surface area contributed by atoms with Crippen molar-refractivity contribution in [3.63, 3.8) is 0 Å². The second kappa shape index (κ2) is 4.98. The predicted molar refractivity (Wildman–Crippen MR) is 63.7 cm³/mol. The van der Waals surface area contributed by atoms with Crippen molar-refractivity contribution in [1.29, 1.82) is 0 Å². The Balaban J connectivity index is 2.48. The summed E-state index contributed by atoms with van der Waals surface area (Å²) in [7, 11) is 1.66. The highest BCUT2D eigenvalue weighted by atomic mass is 79.9. The molecule has 0 saturated carbocycles. The summed E-state index contributed by atoms with van der Waals surface area (Å²) >= 11 is 2.94. The number of nitrogens with one attached hydrogen (secondary N) is 1. The van der Waals surface area contributed by atoms with Gasteiger partial charge in [0.05, 0.1) is 16.8 Å². The lowest BCUT2D eigenvalue weighted by Crippen LogP contribution is -2.18. The van der Waals surface area contributed by atoms with Gasteiger partial charge in [0.15, 0.2) is 0 Å². The maximum Gasteiger partial charge on any atom is 0.137 e. The molecule has 0 spiro atoms. The van der Waals surface area contributed by atoms with Gasteiger partial charge in [0, 0.05) is 5.56 Å². The minimum Gasteiger partial charge on any atom is -0.467 e. The van der Waals surface area contributed by atoms with Gasteiger partial charge in [-0.2, -0.15) is 0 Å². The zero-order chi connectivity index (χ0) is 12.4. The van der Waals surface area contributed by atoms with Gasteiger partial charge < -0.3 is 9.73 Å². The molecule has 0 aliphatic rings. The molecule has 1 heterocycles. The van der Waals surface area contributed by atoms with Crippen molar-refractivity contribution >= 4 is 15.9 Å². The van der Waals surface area contributed by atoms with Crippen molar-refractivity contribution in [2.24, 2.45) is 0 Å². The van der Waals surface area contributed by atoms with E-state index in [1.54, 1.807) is 19.2 Å². The Bertz CT molecular complexity index is 513. The van der Waals surface area contributed by atoms with Crippen LogP contribution in [0.4, 0.5) is 8.78 Å². The monoisotopic (exact) mass is 301 g/mol. The predicted octanol–water partition coefficient (Wildman–Crippen LogP) is 3.63. The van der Waals surface area contributed by atoms with Gasteiger partial charge in [-0.05, 0) is 47.2 Å². The van der Waals surface area contributed by atoms with Crippen molar-refractivity contribution < 1.29 is 13.2 Å². The van der Waals surface area contributed by atoms with Crippen LogP contribution in [0.15, 0.2) is 39.4 Å². The summed E-state index contributed by atoms with van der Waals surface area (Å²) in [6, 6.07) is 5.17. The molecule has 2 rings (SSSR count). The van der Waals surface area contributed by atoms with Crippen LogP contribution in [0.3, 0.4) is 0 Å². The molecule has 0 amide bonds. The molecule has 2 nitrogen and oxygen atoms in total. The second-order valence-corrected chi connectivity index (χ2v) is 4.38. The van der Waals surface area contributed by atoms with Crippen molar-refractivity contribution in [3.8, 4) is 0 Å². The smallest absolute Gasteiger partial charge is 0.137 e. The highest BCUT2D eigenvalue weighted by molar-refractivity contribution is 9.10. The fourth-order valence-corrected chi connectivity index (χ4v) is 1.98. The van der Waals surface area contributed by atoms with Crippen LogP contribution in [0.25, 0.3) is 0 Å². The van der Waals surface area contributed by atoms with Gasteiger partial charge in [-0.25, -0.2) is 8.78 Å². The van der Waals surface area contributed by atoms with E-state index in [1.165, 1.54) is 6.26 Å². The number of halogens is 3. The van der Waals surface area contributed by atoms with Gasteiger partial charge in [-0.15, -0.1) is 0 Å². The summed E-state index contributed by atoms with van der Waals surface area (Å²) in [6.45, 7) is 0. The largest absolute Gasteiger partial charge is 0.467 e. The maximum atomic E-state index is 13.8. The zero-order valence-corrected chi connectivity index (χ0v) is 10.6. The molecule has 0 fully saturated rings. The summed E-state index contributed by atoms with van der Waals surface area (Å²) in [4.78, 5) is 0. The van der Waals surface area contributed by atoms with Crippen molar-refractivity contribution in [2.45, 2.75) is 6.04 Å². The fraction of sp³-hybridized carbons (Fsp3) is 0.167. The molecule has 1 unspecified atom stereocenters. The Morgan fingerprint density at radius 1 is 1.29 bits per heavy atom. The molecule has 0 aliphatic heterocycles. The van der Waals surface area contributed by atoms with Crippen molar-refractivity contribution in [3.05, 3.63) is 58.0 Å². The number of hydrogen-bond donors (Lipinski definition) is 1. The van der Waals surface area contributed by atoms with Crippen LogP contribution in [-0.2, 0) is 0 Å². The lowest BCUT2D eigenvalue weighted by Gasteiger charge is -2.15. The molecule has 2 aromatic rings. The van der Waals surface area contributed by atoms with Crippen molar-refractivity contribution in [2.75, 3.05) is 7.05 Å². The van der Waals surface area contributed by atoms with Crippen LogP contribution in [0.1, 0.15) is 17.4 Å². The van der Waals surface area contributed by atoms with E-state index in [1.807, 2.05) is 0 Å². The molecule has 1 N–H and O–H groups in total. The number of rotatable bonds is 3. The Morgan fingerprint density at radius 2 is 2.06 bits per heavy atom. The average molecular weight is 302 g/mol. The van der Waals surface area contributed by atoms with E-state index in [4.69, 9.17) is 4.42 Å². The SMILES string of the molecule is CNC(c1ccco1)c1cc(F)c(Br)cc1F. The van der Waals surface area contributed by atoms with E-state index in [2.05, 4.69) is 21.2 Å². The van der Waals surface area contributed by atoms with E-state index in [0.717, 1.165) is 12.1 Å². The number of furan rings is 1. The number of benzene rings is 1. The Hall–Kier alpha value is -1.20. The minimum atomic E-state index is -0.507. The number of hydrogen-bond acceptors (Lipinski definition) is 2. The molecule has 17 heavy (non-hydrogen) atoms. The zero-order valence-electron chi connectivity index (χ0n) is 9.01. The third-order valence-corrected chi connectivity index (χ3v) is 3.07. The standard InChI is InChI=1S/C12H10BrF2NO/c1-16-12(11-3-2-4-17-11)7-5-10(15)8(13)6-9(7)14/h2-6,12,16H,1H3. The molecule has 90 valence electrons. The van der Waals surface area contributed by atoms with Crippen LogP contribution >= 0.6 is 15.9 Å². The molecule has 1 aromatic heterocycles. The molecular weight excluding hydrogens is 292 g/mol. The quantitative estimate of drug-likeness (QED) is 0.876. The van der Waals surface area contributed by atoms with Gasteiger partial charge >= 0.3 is 0 Å². The van der Waals surface area contributed by atoms with E-state index < -0.39 is 17.7 Å². The van der Waals surface area contributed by atoms with E-state index in [9.17, 15) is 8.78 Å². The molecule has 0 aliphatic carbocycles. The van der Waals surface area contributed by atoms with E-state index >= 15 is 0 Å². The third-order valence-electron chi connectivity index (χ3n) is 2.47. The molecule has 0 saturated heterocycles. The van der Waals surface area contributed by atoms with Crippen LogP contribution in [0, 0.1) is 11.6 Å². The Kier molecular flexibility index (Phi) is 3.59. The molecule has 0 radical (unpaired) electrons. The van der Waals surface area contributed by atoms with Crippen LogP contribution in [0.5, 0.6) is 0 Å².